The topological polar surface area (TPSA) is 113 Å². The van der Waals surface area contributed by atoms with E-state index >= 15 is 0 Å². The second kappa shape index (κ2) is 10.7. The largest absolute Gasteiger partial charge is 0.494 e. The maximum absolute atomic E-state index is 12.7. The summed E-state index contributed by atoms with van der Waals surface area (Å²) in [5.74, 6) is -0.385. The first kappa shape index (κ1) is 23.1. The van der Waals surface area contributed by atoms with E-state index in [4.69, 9.17) is 9.47 Å². The number of methoxy groups -OCH3 is 1. The van der Waals surface area contributed by atoms with Crippen molar-refractivity contribution < 1.29 is 24.0 Å². The number of non-ortho nitro benzene ring substituents is 1. The van der Waals surface area contributed by atoms with Crippen LogP contribution in [0.25, 0.3) is 10.2 Å². The number of fused-ring (bicyclic) bond motifs is 1. The van der Waals surface area contributed by atoms with E-state index in [9.17, 15) is 19.7 Å². The summed E-state index contributed by atoms with van der Waals surface area (Å²) in [6.07, 6.45) is 3.18. The molecule has 0 aliphatic heterocycles. The highest BCUT2D eigenvalue weighted by Gasteiger charge is 2.16. The van der Waals surface area contributed by atoms with E-state index in [1.165, 1.54) is 23.8 Å². The Labute approximate surface area is 188 Å². The molecule has 0 atom stereocenters. The number of rotatable bonds is 9. The van der Waals surface area contributed by atoms with Gasteiger partial charge in [-0.05, 0) is 36.8 Å². The first-order chi connectivity index (χ1) is 15.4. The van der Waals surface area contributed by atoms with Gasteiger partial charge in [0.05, 0.1) is 28.9 Å². The van der Waals surface area contributed by atoms with Crippen molar-refractivity contribution in [3.05, 3.63) is 62.9 Å². The minimum absolute atomic E-state index is 0.124. The Bertz CT molecular complexity index is 1200. The molecule has 0 aliphatic rings. The van der Waals surface area contributed by atoms with Crippen LogP contribution in [-0.2, 0) is 16.1 Å². The van der Waals surface area contributed by atoms with E-state index in [1.807, 2.05) is 0 Å². The molecule has 0 spiro atoms. The van der Waals surface area contributed by atoms with Crippen molar-refractivity contribution in [2.75, 3.05) is 13.7 Å². The average Bonchev–Trinajstić information content (AvgIpc) is 3.12. The Kier molecular flexibility index (Phi) is 7.72. The number of unbranched alkanes of at least 4 members (excludes halogenated alkanes) is 2. The van der Waals surface area contributed by atoms with Crippen LogP contribution in [0, 0.1) is 10.1 Å². The third-order valence-electron chi connectivity index (χ3n) is 4.71. The number of aromatic nitrogens is 1. The monoisotopic (exact) mass is 457 g/mol. The normalized spacial score (nSPS) is 11.5. The number of hydrogen-bond donors (Lipinski definition) is 0. The van der Waals surface area contributed by atoms with Gasteiger partial charge in [0.15, 0.2) is 4.80 Å². The van der Waals surface area contributed by atoms with E-state index in [-0.39, 0.29) is 17.0 Å². The summed E-state index contributed by atoms with van der Waals surface area (Å²) >= 11 is 1.16. The molecule has 32 heavy (non-hydrogen) atoms. The van der Waals surface area contributed by atoms with E-state index in [1.54, 1.807) is 30.3 Å². The number of esters is 1. The molecule has 0 saturated carbocycles. The van der Waals surface area contributed by atoms with E-state index in [0.29, 0.717) is 28.1 Å². The number of carbonyl (C=O) groups excluding carboxylic acids is 2. The summed E-state index contributed by atoms with van der Waals surface area (Å²) in [6, 6.07) is 11.0. The van der Waals surface area contributed by atoms with Gasteiger partial charge >= 0.3 is 5.97 Å². The Hall–Kier alpha value is -3.53. The van der Waals surface area contributed by atoms with E-state index in [0.717, 1.165) is 30.6 Å². The summed E-state index contributed by atoms with van der Waals surface area (Å²) < 4.78 is 12.5. The van der Waals surface area contributed by atoms with Crippen LogP contribution in [-0.4, -0.2) is 35.1 Å². The fourth-order valence-electron chi connectivity index (χ4n) is 2.99. The number of thiazole rings is 1. The third kappa shape index (κ3) is 5.58. The van der Waals surface area contributed by atoms with Crippen molar-refractivity contribution in [1.29, 1.82) is 0 Å². The van der Waals surface area contributed by atoms with E-state index < -0.39 is 16.8 Å². The van der Waals surface area contributed by atoms with Gasteiger partial charge in [-0.2, -0.15) is 4.99 Å². The van der Waals surface area contributed by atoms with Gasteiger partial charge in [0.1, 0.15) is 12.3 Å². The summed E-state index contributed by atoms with van der Waals surface area (Å²) in [6.45, 7) is 2.51. The van der Waals surface area contributed by atoms with Gasteiger partial charge in [-0.15, -0.1) is 0 Å². The average molecular weight is 458 g/mol. The number of nitrogens with zero attached hydrogens (tertiary/aromatic N) is 3. The molecule has 1 amide bonds. The molecule has 3 aromatic rings. The predicted molar refractivity (Wildman–Crippen MR) is 120 cm³/mol. The molecule has 0 fully saturated rings. The van der Waals surface area contributed by atoms with Gasteiger partial charge in [-0.25, -0.2) is 0 Å². The predicted octanol–water partition coefficient (Wildman–Crippen LogP) is 4.09. The first-order valence-corrected chi connectivity index (χ1v) is 10.9. The quantitative estimate of drug-likeness (QED) is 0.207. The molecule has 9 nitrogen and oxygen atoms in total. The number of benzene rings is 2. The zero-order chi connectivity index (χ0) is 23.1. The van der Waals surface area contributed by atoms with E-state index in [2.05, 4.69) is 11.9 Å². The van der Waals surface area contributed by atoms with Crippen LogP contribution in [0.2, 0.25) is 0 Å². The lowest BCUT2D eigenvalue weighted by molar-refractivity contribution is -0.384. The zero-order valence-electron chi connectivity index (χ0n) is 17.8. The van der Waals surface area contributed by atoms with Crippen molar-refractivity contribution >= 4 is 39.1 Å². The Morgan fingerprint density at radius 1 is 1.16 bits per heavy atom. The number of nitro benzene ring substituents is 1. The lowest BCUT2D eigenvalue weighted by atomic mass is 10.2. The van der Waals surface area contributed by atoms with Crippen molar-refractivity contribution in [2.24, 2.45) is 4.99 Å². The number of ether oxygens (including phenoxy) is 2. The van der Waals surface area contributed by atoms with Crippen LogP contribution in [0.5, 0.6) is 5.75 Å². The molecule has 0 unspecified atom stereocenters. The maximum Gasteiger partial charge on any atom is 0.325 e. The summed E-state index contributed by atoms with van der Waals surface area (Å²) in [4.78, 5) is 39.7. The number of hydrogen-bond acceptors (Lipinski definition) is 7. The van der Waals surface area contributed by atoms with Gasteiger partial charge < -0.3 is 14.0 Å². The lowest BCUT2D eigenvalue weighted by Gasteiger charge is -2.06. The summed E-state index contributed by atoms with van der Waals surface area (Å²) in [5.41, 5.74) is 0.664. The molecule has 0 N–H and O–H groups in total. The minimum Gasteiger partial charge on any atom is -0.494 e. The van der Waals surface area contributed by atoms with Gasteiger partial charge in [-0.3, -0.25) is 19.7 Å². The second-order valence-electron chi connectivity index (χ2n) is 6.95. The number of nitro groups is 1. The molecule has 1 heterocycles. The molecule has 0 radical (unpaired) electrons. The molecule has 0 aliphatic carbocycles. The van der Waals surface area contributed by atoms with Gasteiger partial charge in [0.2, 0.25) is 0 Å². The number of carbonyl (C=O) groups is 2. The Morgan fingerprint density at radius 2 is 1.91 bits per heavy atom. The highest BCUT2D eigenvalue weighted by Crippen LogP contribution is 2.23. The minimum atomic E-state index is -0.560. The van der Waals surface area contributed by atoms with Crippen LogP contribution in [0.3, 0.4) is 0 Å². The van der Waals surface area contributed by atoms with Crippen LogP contribution in [0.4, 0.5) is 5.69 Å². The summed E-state index contributed by atoms with van der Waals surface area (Å²) in [7, 11) is 1.24. The third-order valence-corrected chi connectivity index (χ3v) is 5.77. The first-order valence-electron chi connectivity index (χ1n) is 10.1. The molecule has 1 aromatic heterocycles. The Balaban J connectivity index is 1.92. The van der Waals surface area contributed by atoms with Gasteiger partial charge in [0, 0.05) is 17.7 Å². The Morgan fingerprint density at radius 3 is 2.56 bits per heavy atom. The van der Waals surface area contributed by atoms with Gasteiger partial charge in [0.25, 0.3) is 11.6 Å². The SMILES string of the molecule is CCCCCOc1ccc(C(=O)N=c2sc3ccc([N+](=O)[O-])cc3n2CC(=O)OC)cc1. The van der Waals surface area contributed by atoms with Crippen molar-refractivity contribution in [1.82, 2.24) is 4.57 Å². The van der Waals surface area contributed by atoms with Gasteiger partial charge in [-0.1, -0.05) is 31.1 Å². The highest BCUT2D eigenvalue weighted by atomic mass is 32.1. The highest BCUT2D eigenvalue weighted by molar-refractivity contribution is 7.16. The molecule has 168 valence electrons. The maximum atomic E-state index is 12.7. The molecular formula is C22H23N3O6S. The molecule has 0 saturated heterocycles. The van der Waals surface area contributed by atoms with Crippen molar-refractivity contribution in [3.8, 4) is 5.75 Å². The number of amides is 1. The second-order valence-corrected chi connectivity index (χ2v) is 7.96. The van der Waals surface area contributed by atoms with Crippen LogP contribution < -0.4 is 9.54 Å². The van der Waals surface area contributed by atoms with Crippen LogP contribution in [0.15, 0.2) is 47.5 Å². The lowest BCUT2D eigenvalue weighted by Crippen LogP contribution is -2.22. The fraction of sp³-hybridized carbons (Fsp3) is 0.318. The molecule has 10 heteroatoms. The van der Waals surface area contributed by atoms with Crippen LogP contribution in [0.1, 0.15) is 36.5 Å². The zero-order valence-corrected chi connectivity index (χ0v) is 18.6. The summed E-state index contributed by atoms with van der Waals surface area (Å²) in [5, 5.41) is 11.2. The standard InChI is InChI=1S/C22H23N3O6S/c1-3-4-5-12-31-17-9-6-15(7-10-17)21(27)23-22-24(14-20(26)30-2)18-13-16(25(28)29)8-11-19(18)32-22/h6-11,13H,3-5,12,14H2,1-2H3. The molecule has 0 bridgehead atoms. The fourth-order valence-corrected chi connectivity index (χ4v) is 4.00. The van der Waals surface area contributed by atoms with Crippen molar-refractivity contribution in [3.63, 3.8) is 0 Å². The molecular weight excluding hydrogens is 434 g/mol. The molecule has 2 aromatic carbocycles. The smallest absolute Gasteiger partial charge is 0.325 e. The van der Waals surface area contributed by atoms with Crippen LogP contribution >= 0.6 is 11.3 Å². The van der Waals surface area contributed by atoms with Crippen molar-refractivity contribution in [2.45, 2.75) is 32.7 Å². The molecule has 3 rings (SSSR count).